The molecule has 5 nitrogen and oxygen atoms in total. The number of carbonyl (C=O) groups is 1. The molecule has 0 aliphatic heterocycles. The Kier molecular flexibility index (Phi) is 4.04. The first-order valence-electron chi connectivity index (χ1n) is 5.36. The number of hydrogen-bond donors (Lipinski definition) is 2. The molecule has 0 aliphatic carbocycles. The molecule has 6 heteroatoms. The lowest BCUT2D eigenvalue weighted by Gasteiger charge is -1.98. The zero-order valence-corrected chi connectivity index (χ0v) is 10.6. The second-order valence-corrected chi connectivity index (χ2v) is 4.34. The van der Waals surface area contributed by atoms with Crippen LogP contribution < -0.4 is 5.56 Å². The highest BCUT2D eigenvalue weighted by molar-refractivity contribution is 7.07. The van der Waals surface area contributed by atoms with Gasteiger partial charge in [0.15, 0.2) is 0 Å². The van der Waals surface area contributed by atoms with Gasteiger partial charge in [0.1, 0.15) is 5.56 Å². The third-order valence-corrected chi connectivity index (χ3v) is 2.85. The molecule has 3 rings (SSSR count). The Labute approximate surface area is 112 Å². The minimum atomic E-state index is -1.21. The van der Waals surface area contributed by atoms with Crippen molar-refractivity contribution in [2.24, 2.45) is 0 Å². The Balaban J connectivity index is 0.000000224. The van der Waals surface area contributed by atoms with E-state index in [1.165, 1.54) is 6.07 Å². The smallest absolute Gasteiger partial charge is 0.341 e. The van der Waals surface area contributed by atoms with Crippen LogP contribution in [0.3, 0.4) is 0 Å². The number of carboxylic acids is 1. The first-order chi connectivity index (χ1) is 9.18. The highest BCUT2D eigenvalue weighted by Crippen LogP contribution is 2.09. The molecule has 3 aromatic rings. The Morgan fingerprint density at radius 1 is 1.32 bits per heavy atom. The maximum atomic E-state index is 11.2. The maximum Gasteiger partial charge on any atom is 0.341 e. The highest BCUT2D eigenvalue weighted by atomic mass is 32.1. The molecular weight excluding hydrogens is 264 g/mol. The average Bonchev–Trinajstić information content (AvgIpc) is 2.96. The number of para-hydroxylation sites is 1. The van der Waals surface area contributed by atoms with Crippen LogP contribution in [0.2, 0.25) is 0 Å². The number of nitrogens with zero attached hydrogens (tertiary/aromatic N) is 1. The molecule has 0 saturated carbocycles. The van der Waals surface area contributed by atoms with Gasteiger partial charge in [0.2, 0.25) is 0 Å². The van der Waals surface area contributed by atoms with Gasteiger partial charge in [0.25, 0.3) is 5.56 Å². The summed E-state index contributed by atoms with van der Waals surface area (Å²) in [5.74, 6) is -1.21. The molecule has 0 aliphatic rings. The van der Waals surface area contributed by atoms with Crippen LogP contribution in [0, 0.1) is 0 Å². The lowest BCUT2D eigenvalue weighted by atomic mass is 10.1. The molecule has 0 spiro atoms. The predicted octanol–water partition coefficient (Wildman–Crippen LogP) is 2.37. The quantitative estimate of drug-likeness (QED) is 0.713. The van der Waals surface area contributed by atoms with Crippen LogP contribution in [-0.4, -0.2) is 21.0 Å². The van der Waals surface area contributed by atoms with Crippen molar-refractivity contribution in [3.8, 4) is 0 Å². The second-order valence-electron chi connectivity index (χ2n) is 3.58. The zero-order valence-electron chi connectivity index (χ0n) is 9.74. The molecule has 96 valence electrons. The number of hydrogen-bond acceptors (Lipinski definition) is 4. The summed E-state index contributed by atoms with van der Waals surface area (Å²) in [7, 11) is 0. The molecule has 0 bridgehead atoms. The van der Waals surface area contributed by atoms with E-state index < -0.39 is 11.5 Å². The van der Waals surface area contributed by atoms with E-state index in [4.69, 9.17) is 5.11 Å². The lowest BCUT2D eigenvalue weighted by Crippen LogP contribution is -2.16. The van der Waals surface area contributed by atoms with Crippen molar-refractivity contribution in [1.82, 2.24) is 9.97 Å². The van der Waals surface area contributed by atoms with Crippen molar-refractivity contribution >= 4 is 28.2 Å². The highest BCUT2D eigenvalue weighted by Gasteiger charge is 2.08. The molecule has 0 fully saturated rings. The molecule has 2 aromatic heterocycles. The third kappa shape index (κ3) is 3.26. The number of H-pyrrole nitrogens is 1. The van der Waals surface area contributed by atoms with E-state index in [1.807, 2.05) is 5.38 Å². The van der Waals surface area contributed by atoms with Gasteiger partial charge in [-0.25, -0.2) is 4.79 Å². The SMILES string of the molecule is O=C(O)c1cc2ccccc2[nH]c1=O.c1cscn1. The van der Waals surface area contributed by atoms with Gasteiger partial charge < -0.3 is 10.1 Å². The van der Waals surface area contributed by atoms with Crippen LogP contribution in [0.25, 0.3) is 10.9 Å². The van der Waals surface area contributed by atoms with Gasteiger partial charge in [-0.15, -0.1) is 11.3 Å². The summed E-state index contributed by atoms with van der Waals surface area (Å²) in [6, 6.07) is 8.40. The maximum absolute atomic E-state index is 11.2. The molecule has 0 radical (unpaired) electrons. The number of thiazole rings is 1. The van der Waals surface area contributed by atoms with E-state index in [-0.39, 0.29) is 5.56 Å². The van der Waals surface area contributed by atoms with Gasteiger partial charge in [0, 0.05) is 17.1 Å². The predicted molar refractivity (Wildman–Crippen MR) is 73.6 cm³/mol. The fourth-order valence-corrected chi connectivity index (χ4v) is 1.83. The number of rotatable bonds is 1. The number of aromatic nitrogens is 2. The van der Waals surface area contributed by atoms with Gasteiger partial charge >= 0.3 is 5.97 Å². The number of nitrogens with one attached hydrogen (secondary N) is 1. The number of aromatic carboxylic acids is 1. The molecule has 0 unspecified atom stereocenters. The fraction of sp³-hybridized carbons (Fsp3) is 0. The molecule has 0 saturated heterocycles. The number of benzene rings is 1. The van der Waals surface area contributed by atoms with Gasteiger partial charge in [-0.05, 0) is 17.5 Å². The molecule has 1 aromatic carbocycles. The molecule has 2 N–H and O–H groups in total. The molecule has 0 amide bonds. The number of fused-ring (bicyclic) bond motifs is 1. The van der Waals surface area contributed by atoms with Gasteiger partial charge in [-0.1, -0.05) is 18.2 Å². The Morgan fingerprint density at radius 3 is 2.68 bits per heavy atom. The third-order valence-electron chi connectivity index (χ3n) is 2.33. The van der Waals surface area contributed by atoms with Crippen molar-refractivity contribution in [2.45, 2.75) is 0 Å². The largest absolute Gasteiger partial charge is 0.477 e. The van der Waals surface area contributed by atoms with E-state index >= 15 is 0 Å². The molecule has 19 heavy (non-hydrogen) atoms. The summed E-state index contributed by atoms with van der Waals surface area (Å²) in [5.41, 5.74) is 1.63. The van der Waals surface area contributed by atoms with Crippen molar-refractivity contribution in [2.75, 3.05) is 0 Å². The van der Waals surface area contributed by atoms with Crippen LogP contribution in [0.1, 0.15) is 10.4 Å². The van der Waals surface area contributed by atoms with Crippen molar-refractivity contribution in [3.05, 3.63) is 63.3 Å². The summed E-state index contributed by atoms with van der Waals surface area (Å²) >= 11 is 1.60. The van der Waals surface area contributed by atoms with Crippen LogP contribution >= 0.6 is 11.3 Å². The average molecular weight is 274 g/mol. The molecular formula is C13H10N2O3S. The summed E-state index contributed by atoms with van der Waals surface area (Å²) in [4.78, 5) is 28.1. The van der Waals surface area contributed by atoms with Crippen LogP contribution in [0.4, 0.5) is 0 Å². The van der Waals surface area contributed by atoms with Gasteiger partial charge in [-0.2, -0.15) is 0 Å². The van der Waals surface area contributed by atoms with Crippen LogP contribution in [-0.2, 0) is 0 Å². The summed E-state index contributed by atoms with van der Waals surface area (Å²) in [6.45, 7) is 0. The molecule has 0 atom stereocenters. The first kappa shape index (κ1) is 13.0. The van der Waals surface area contributed by atoms with Gasteiger partial charge in [0.05, 0.1) is 5.51 Å². The Hall–Kier alpha value is -2.47. The summed E-state index contributed by atoms with van der Waals surface area (Å²) < 4.78 is 0. The number of pyridine rings is 1. The second kappa shape index (κ2) is 5.92. The first-order valence-corrected chi connectivity index (χ1v) is 6.30. The number of aromatic amines is 1. The van der Waals surface area contributed by atoms with Crippen LogP contribution in [0.5, 0.6) is 0 Å². The lowest BCUT2D eigenvalue weighted by molar-refractivity contribution is 0.0695. The summed E-state index contributed by atoms with van der Waals surface area (Å²) in [6.07, 6.45) is 1.77. The van der Waals surface area contributed by atoms with E-state index in [1.54, 1.807) is 47.3 Å². The Morgan fingerprint density at radius 2 is 2.11 bits per heavy atom. The van der Waals surface area contributed by atoms with E-state index in [0.29, 0.717) is 10.9 Å². The summed E-state index contributed by atoms with van der Waals surface area (Å²) in [5, 5.41) is 11.3. The van der Waals surface area contributed by atoms with E-state index in [0.717, 1.165) is 0 Å². The topological polar surface area (TPSA) is 83.0 Å². The normalized spacial score (nSPS) is 9.68. The van der Waals surface area contributed by atoms with E-state index in [9.17, 15) is 9.59 Å². The minimum Gasteiger partial charge on any atom is -0.477 e. The molecule has 2 heterocycles. The van der Waals surface area contributed by atoms with Gasteiger partial charge in [-0.3, -0.25) is 9.78 Å². The standard InChI is InChI=1S/C10H7NO3.C3H3NS/c12-9-7(10(13)14)5-6-3-1-2-4-8(6)11-9;1-2-5-3-4-1/h1-5H,(H,11,12)(H,13,14);1-3H. The zero-order chi connectivity index (χ0) is 13.7. The monoisotopic (exact) mass is 274 g/mol. The van der Waals surface area contributed by atoms with Crippen molar-refractivity contribution in [3.63, 3.8) is 0 Å². The minimum absolute atomic E-state index is 0.233. The number of carboxylic acid groups (broad SMARTS) is 1. The van der Waals surface area contributed by atoms with Crippen molar-refractivity contribution in [1.29, 1.82) is 0 Å². The fourth-order valence-electron chi connectivity index (χ4n) is 1.48. The van der Waals surface area contributed by atoms with Crippen LogP contribution in [0.15, 0.2) is 52.2 Å². The Bertz CT molecular complexity index is 718. The van der Waals surface area contributed by atoms with Crippen molar-refractivity contribution < 1.29 is 9.90 Å². The van der Waals surface area contributed by atoms with E-state index in [2.05, 4.69) is 9.97 Å².